The summed E-state index contributed by atoms with van der Waals surface area (Å²) in [4.78, 5) is 21.0. The molecule has 6 heteroatoms. The van der Waals surface area contributed by atoms with Crippen LogP contribution in [0.3, 0.4) is 0 Å². The Morgan fingerprint density at radius 3 is 2.78 bits per heavy atom. The topological polar surface area (TPSA) is 92.5 Å². The molecule has 6 nitrogen and oxygen atoms in total. The van der Waals surface area contributed by atoms with Gasteiger partial charge in [0.2, 0.25) is 0 Å². The quantitative estimate of drug-likeness (QED) is 0.599. The van der Waals surface area contributed by atoms with Gasteiger partial charge in [0.15, 0.2) is 0 Å². The highest BCUT2D eigenvalue weighted by Gasteiger charge is 2.17. The van der Waals surface area contributed by atoms with E-state index in [1.165, 1.54) is 0 Å². The molecular formula is C12H16N2O4. The SMILES string of the molecule is Cc1cccc(NCC(C)CC(=O)O)c1[N+](=O)[O-]. The molecule has 0 bridgehead atoms. The van der Waals surface area contributed by atoms with Gasteiger partial charge < -0.3 is 10.4 Å². The monoisotopic (exact) mass is 252 g/mol. The fourth-order valence-corrected chi connectivity index (χ4v) is 1.70. The lowest BCUT2D eigenvalue weighted by Gasteiger charge is -2.12. The van der Waals surface area contributed by atoms with Crippen molar-refractivity contribution in [1.29, 1.82) is 0 Å². The molecule has 1 unspecified atom stereocenters. The summed E-state index contributed by atoms with van der Waals surface area (Å²) in [6.45, 7) is 3.84. The lowest BCUT2D eigenvalue weighted by Crippen LogP contribution is -2.15. The third-order valence-electron chi connectivity index (χ3n) is 2.58. The number of carbonyl (C=O) groups is 1. The molecule has 0 aliphatic rings. The van der Waals surface area contributed by atoms with Crippen molar-refractivity contribution in [2.75, 3.05) is 11.9 Å². The molecule has 98 valence electrons. The molecule has 0 heterocycles. The summed E-state index contributed by atoms with van der Waals surface area (Å²) in [5.41, 5.74) is 1.05. The van der Waals surface area contributed by atoms with Crippen molar-refractivity contribution >= 4 is 17.3 Å². The summed E-state index contributed by atoms with van der Waals surface area (Å²) >= 11 is 0. The number of para-hydroxylation sites is 1. The van der Waals surface area contributed by atoms with E-state index in [4.69, 9.17) is 5.11 Å². The summed E-state index contributed by atoms with van der Waals surface area (Å²) in [7, 11) is 0. The van der Waals surface area contributed by atoms with Crippen molar-refractivity contribution in [3.8, 4) is 0 Å². The third-order valence-corrected chi connectivity index (χ3v) is 2.58. The zero-order chi connectivity index (χ0) is 13.7. The molecule has 0 aliphatic heterocycles. The van der Waals surface area contributed by atoms with Crippen LogP contribution in [0.25, 0.3) is 0 Å². The molecule has 1 aromatic carbocycles. The predicted molar refractivity (Wildman–Crippen MR) is 67.7 cm³/mol. The second-order valence-corrected chi connectivity index (χ2v) is 4.31. The number of nitro benzene ring substituents is 1. The highest BCUT2D eigenvalue weighted by molar-refractivity contribution is 5.67. The van der Waals surface area contributed by atoms with Crippen molar-refractivity contribution < 1.29 is 14.8 Å². The van der Waals surface area contributed by atoms with Crippen LogP contribution in [-0.4, -0.2) is 22.5 Å². The number of nitro groups is 1. The second kappa shape index (κ2) is 6.00. The molecule has 1 aromatic rings. The van der Waals surface area contributed by atoms with Crippen LogP contribution in [0.1, 0.15) is 18.9 Å². The zero-order valence-electron chi connectivity index (χ0n) is 10.3. The number of aliphatic carboxylic acids is 1. The minimum atomic E-state index is -0.872. The van der Waals surface area contributed by atoms with Crippen LogP contribution in [0.15, 0.2) is 18.2 Å². The van der Waals surface area contributed by atoms with E-state index in [0.29, 0.717) is 17.8 Å². The molecule has 0 saturated heterocycles. The average molecular weight is 252 g/mol. The smallest absolute Gasteiger partial charge is 0.303 e. The van der Waals surface area contributed by atoms with Crippen LogP contribution in [0.2, 0.25) is 0 Å². The van der Waals surface area contributed by atoms with E-state index >= 15 is 0 Å². The molecule has 2 N–H and O–H groups in total. The molecule has 0 aromatic heterocycles. The number of anilines is 1. The first-order valence-corrected chi connectivity index (χ1v) is 5.61. The first-order valence-electron chi connectivity index (χ1n) is 5.61. The van der Waals surface area contributed by atoms with Crippen LogP contribution in [0.4, 0.5) is 11.4 Å². The van der Waals surface area contributed by atoms with Gasteiger partial charge in [0, 0.05) is 18.5 Å². The number of aryl methyl sites for hydroxylation is 1. The number of rotatable bonds is 6. The molecule has 0 saturated carbocycles. The number of nitrogens with one attached hydrogen (secondary N) is 1. The molecule has 0 amide bonds. The van der Waals surface area contributed by atoms with Crippen LogP contribution < -0.4 is 5.32 Å². The van der Waals surface area contributed by atoms with Gasteiger partial charge in [-0.25, -0.2) is 0 Å². The number of nitrogens with zero attached hydrogens (tertiary/aromatic N) is 1. The van der Waals surface area contributed by atoms with Crippen molar-refractivity contribution in [3.05, 3.63) is 33.9 Å². The van der Waals surface area contributed by atoms with E-state index in [-0.39, 0.29) is 18.0 Å². The maximum Gasteiger partial charge on any atom is 0.303 e. The van der Waals surface area contributed by atoms with Crippen molar-refractivity contribution in [2.24, 2.45) is 5.92 Å². The van der Waals surface area contributed by atoms with E-state index in [9.17, 15) is 14.9 Å². The van der Waals surface area contributed by atoms with Crippen LogP contribution >= 0.6 is 0 Å². The Hall–Kier alpha value is -2.11. The number of carboxylic acid groups (broad SMARTS) is 1. The average Bonchev–Trinajstić information content (AvgIpc) is 2.24. The Kier molecular flexibility index (Phi) is 4.65. The van der Waals surface area contributed by atoms with Gasteiger partial charge in [-0.3, -0.25) is 14.9 Å². The fourth-order valence-electron chi connectivity index (χ4n) is 1.70. The minimum absolute atomic E-state index is 0.0343. The Morgan fingerprint density at radius 2 is 2.22 bits per heavy atom. The highest BCUT2D eigenvalue weighted by atomic mass is 16.6. The summed E-state index contributed by atoms with van der Waals surface area (Å²) in [5, 5.41) is 22.5. The number of benzene rings is 1. The van der Waals surface area contributed by atoms with Gasteiger partial charge in [0.05, 0.1) is 4.92 Å². The summed E-state index contributed by atoms with van der Waals surface area (Å²) in [5.74, 6) is -0.967. The molecule has 0 spiro atoms. The van der Waals surface area contributed by atoms with E-state index in [0.717, 1.165) is 0 Å². The summed E-state index contributed by atoms with van der Waals surface area (Å²) < 4.78 is 0. The lowest BCUT2D eigenvalue weighted by atomic mass is 10.1. The normalized spacial score (nSPS) is 11.9. The molecule has 0 fully saturated rings. The first-order chi connectivity index (χ1) is 8.41. The van der Waals surface area contributed by atoms with Gasteiger partial charge in [0.1, 0.15) is 5.69 Å². The van der Waals surface area contributed by atoms with E-state index < -0.39 is 10.9 Å². The van der Waals surface area contributed by atoms with Gasteiger partial charge in [-0.15, -0.1) is 0 Å². The number of hydrogen-bond acceptors (Lipinski definition) is 4. The van der Waals surface area contributed by atoms with Gasteiger partial charge in [-0.05, 0) is 18.9 Å². The summed E-state index contributed by atoms with van der Waals surface area (Å²) in [6.07, 6.45) is 0.0343. The molecule has 1 atom stereocenters. The Morgan fingerprint density at radius 1 is 1.56 bits per heavy atom. The van der Waals surface area contributed by atoms with Gasteiger partial charge in [-0.1, -0.05) is 19.1 Å². The van der Waals surface area contributed by atoms with Crippen molar-refractivity contribution in [2.45, 2.75) is 20.3 Å². The third kappa shape index (κ3) is 3.73. The fraction of sp³-hybridized carbons (Fsp3) is 0.417. The largest absolute Gasteiger partial charge is 0.481 e. The summed E-state index contributed by atoms with van der Waals surface area (Å²) in [6, 6.07) is 5.02. The molecule has 0 aliphatic carbocycles. The van der Waals surface area contributed by atoms with Crippen molar-refractivity contribution in [1.82, 2.24) is 0 Å². The van der Waals surface area contributed by atoms with Crippen molar-refractivity contribution in [3.63, 3.8) is 0 Å². The standard InChI is InChI=1S/C12H16N2O4/c1-8(6-11(15)16)7-13-10-5-3-4-9(2)12(10)14(17)18/h3-5,8,13H,6-7H2,1-2H3,(H,15,16). The second-order valence-electron chi connectivity index (χ2n) is 4.31. The number of hydrogen-bond donors (Lipinski definition) is 2. The van der Waals surface area contributed by atoms with Gasteiger partial charge in [0.25, 0.3) is 5.69 Å². The Bertz CT molecular complexity index is 459. The zero-order valence-corrected chi connectivity index (χ0v) is 10.3. The van der Waals surface area contributed by atoms with E-state index in [2.05, 4.69) is 5.32 Å². The molecule has 18 heavy (non-hydrogen) atoms. The molecule has 0 radical (unpaired) electrons. The molecule has 1 rings (SSSR count). The Labute approximate surface area is 105 Å². The van der Waals surface area contributed by atoms with Gasteiger partial charge >= 0.3 is 5.97 Å². The lowest BCUT2D eigenvalue weighted by molar-refractivity contribution is -0.384. The first kappa shape index (κ1) is 14.0. The van der Waals surface area contributed by atoms with Crippen LogP contribution in [0.5, 0.6) is 0 Å². The maximum atomic E-state index is 10.9. The van der Waals surface area contributed by atoms with Crippen LogP contribution in [0, 0.1) is 23.0 Å². The predicted octanol–water partition coefficient (Wildman–Crippen LogP) is 2.43. The Balaban J connectivity index is 2.76. The van der Waals surface area contributed by atoms with Crippen LogP contribution in [-0.2, 0) is 4.79 Å². The highest BCUT2D eigenvalue weighted by Crippen LogP contribution is 2.28. The van der Waals surface area contributed by atoms with E-state index in [1.54, 1.807) is 32.0 Å². The van der Waals surface area contributed by atoms with Gasteiger partial charge in [-0.2, -0.15) is 0 Å². The number of carboxylic acids is 1. The minimum Gasteiger partial charge on any atom is -0.481 e. The maximum absolute atomic E-state index is 10.9. The molecular weight excluding hydrogens is 236 g/mol. The van der Waals surface area contributed by atoms with E-state index in [1.807, 2.05) is 0 Å².